The average molecular weight is 411 g/mol. The van der Waals surface area contributed by atoms with E-state index >= 15 is 0 Å². The van der Waals surface area contributed by atoms with Crippen LogP contribution in [0.1, 0.15) is 17.3 Å². The molecule has 1 unspecified atom stereocenters. The van der Waals surface area contributed by atoms with Crippen molar-refractivity contribution in [3.05, 3.63) is 84.4 Å². The molecule has 1 amide bonds. The lowest BCUT2D eigenvalue weighted by Gasteiger charge is -2.16. The summed E-state index contributed by atoms with van der Waals surface area (Å²) in [7, 11) is 0. The second-order valence-corrected chi connectivity index (χ2v) is 6.35. The van der Waals surface area contributed by atoms with Crippen LogP contribution in [0.4, 0.5) is 14.5 Å². The zero-order chi connectivity index (χ0) is 21.5. The summed E-state index contributed by atoms with van der Waals surface area (Å²) in [6, 6.07) is 22.2. The standard InChI is InChI=1S/C23H19F2NO4/c1-15(21(27)26-19-9-5-6-10-20(19)30-23(24)25)29-22(28)18-13-11-17(12-14-18)16-7-3-2-4-8-16/h2-15,23H,1H3,(H,26,27). The average Bonchev–Trinajstić information content (AvgIpc) is 2.75. The van der Waals surface area contributed by atoms with Crippen molar-refractivity contribution in [3.8, 4) is 16.9 Å². The van der Waals surface area contributed by atoms with Crippen LogP contribution in [0.5, 0.6) is 5.75 Å². The number of halogens is 2. The van der Waals surface area contributed by atoms with Gasteiger partial charge in [-0.25, -0.2) is 4.79 Å². The highest BCUT2D eigenvalue weighted by Gasteiger charge is 2.21. The number of anilines is 1. The Hall–Kier alpha value is -3.74. The summed E-state index contributed by atoms with van der Waals surface area (Å²) in [5.41, 5.74) is 2.29. The van der Waals surface area contributed by atoms with Gasteiger partial charge in [0.2, 0.25) is 0 Å². The van der Waals surface area contributed by atoms with Crippen molar-refractivity contribution < 1.29 is 27.8 Å². The zero-order valence-electron chi connectivity index (χ0n) is 16.0. The van der Waals surface area contributed by atoms with E-state index in [2.05, 4.69) is 10.1 Å². The maximum absolute atomic E-state index is 12.5. The van der Waals surface area contributed by atoms with Gasteiger partial charge in [0.15, 0.2) is 6.10 Å². The van der Waals surface area contributed by atoms with Crippen LogP contribution >= 0.6 is 0 Å². The van der Waals surface area contributed by atoms with Crippen molar-refractivity contribution in [1.82, 2.24) is 0 Å². The topological polar surface area (TPSA) is 64.6 Å². The number of carbonyl (C=O) groups is 2. The molecule has 1 N–H and O–H groups in total. The Morgan fingerprint density at radius 2 is 1.43 bits per heavy atom. The summed E-state index contributed by atoms with van der Waals surface area (Å²) >= 11 is 0. The predicted octanol–water partition coefficient (Wildman–Crippen LogP) is 5.14. The molecule has 0 aliphatic carbocycles. The van der Waals surface area contributed by atoms with Gasteiger partial charge in [-0.3, -0.25) is 4.79 Å². The minimum absolute atomic E-state index is 0.0536. The van der Waals surface area contributed by atoms with E-state index in [0.717, 1.165) is 11.1 Å². The lowest BCUT2D eigenvalue weighted by molar-refractivity contribution is -0.123. The van der Waals surface area contributed by atoms with Crippen LogP contribution in [0.3, 0.4) is 0 Å². The fraction of sp³-hybridized carbons (Fsp3) is 0.130. The molecule has 0 spiro atoms. The van der Waals surface area contributed by atoms with Crippen LogP contribution in [-0.2, 0) is 9.53 Å². The minimum atomic E-state index is -3.03. The van der Waals surface area contributed by atoms with E-state index in [1.807, 2.05) is 30.3 Å². The van der Waals surface area contributed by atoms with Gasteiger partial charge in [0.25, 0.3) is 5.91 Å². The molecule has 0 aliphatic heterocycles. The van der Waals surface area contributed by atoms with Crippen molar-refractivity contribution in [3.63, 3.8) is 0 Å². The number of hydrogen-bond donors (Lipinski definition) is 1. The van der Waals surface area contributed by atoms with Crippen LogP contribution < -0.4 is 10.1 Å². The summed E-state index contributed by atoms with van der Waals surface area (Å²) in [6.45, 7) is -1.64. The van der Waals surface area contributed by atoms with Crippen molar-refractivity contribution in [2.75, 3.05) is 5.32 Å². The number of benzene rings is 3. The molecule has 0 saturated heterocycles. The van der Waals surface area contributed by atoms with Crippen LogP contribution in [0.2, 0.25) is 0 Å². The van der Waals surface area contributed by atoms with E-state index in [-0.39, 0.29) is 17.0 Å². The number of hydrogen-bond acceptors (Lipinski definition) is 4. The van der Waals surface area contributed by atoms with E-state index in [1.54, 1.807) is 30.3 Å². The Morgan fingerprint density at radius 1 is 0.833 bits per heavy atom. The zero-order valence-corrected chi connectivity index (χ0v) is 16.0. The fourth-order valence-electron chi connectivity index (χ4n) is 2.71. The predicted molar refractivity (Wildman–Crippen MR) is 108 cm³/mol. The second kappa shape index (κ2) is 9.65. The minimum Gasteiger partial charge on any atom is -0.449 e. The summed E-state index contributed by atoms with van der Waals surface area (Å²) in [5.74, 6) is -1.53. The Bertz CT molecular complexity index is 1010. The molecule has 5 nitrogen and oxygen atoms in total. The third-order valence-electron chi connectivity index (χ3n) is 4.24. The number of rotatable bonds is 7. The molecule has 1 atom stereocenters. The fourth-order valence-corrected chi connectivity index (χ4v) is 2.71. The number of ether oxygens (including phenoxy) is 2. The highest BCUT2D eigenvalue weighted by Crippen LogP contribution is 2.26. The molecular formula is C23H19F2NO4. The molecule has 0 aliphatic rings. The maximum Gasteiger partial charge on any atom is 0.387 e. The molecule has 3 aromatic carbocycles. The van der Waals surface area contributed by atoms with Gasteiger partial charge < -0.3 is 14.8 Å². The Kier molecular flexibility index (Phi) is 6.75. The lowest BCUT2D eigenvalue weighted by Crippen LogP contribution is -2.30. The summed E-state index contributed by atoms with van der Waals surface area (Å²) < 4.78 is 34.5. The van der Waals surface area contributed by atoms with Gasteiger partial charge in [-0.05, 0) is 42.3 Å². The van der Waals surface area contributed by atoms with Gasteiger partial charge in [-0.2, -0.15) is 8.78 Å². The number of carbonyl (C=O) groups excluding carboxylic acids is 2. The first-order valence-corrected chi connectivity index (χ1v) is 9.15. The van der Waals surface area contributed by atoms with E-state index in [0.29, 0.717) is 0 Å². The van der Waals surface area contributed by atoms with Gasteiger partial charge >= 0.3 is 12.6 Å². The molecule has 0 heterocycles. The number of para-hydroxylation sites is 2. The van der Waals surface area contributed by atoms with Crippen molar-refractivity contribution in [1.29, 1.82) is 0 Å². The maximum atomic E-state index is 12.5. The van der Waals surface area contributed by atoms with Gasteiger partial charge in [-0.1, -0.05) is 54.6 Å². The number of nitrogens with one attached hydrogen (secondary N) is 1. The van der Waals surface area contributed by atoms with E-state index in [4.69, 9.17) is 4.74 Å². The van der Waals surface area contributed by atoms with Gasteiger partial charge in [0.1, 0.15) is 5.75 Å². The van der Waals surface area contributed by atoms with Gasteiger partial charge in [0, 0.05) is 0 Å². The summed E-state index contributed by atoms with van der Waals surface area (Å²) in [6.07, 6.45) is -1.15. The Morgan fingerprint density at radius 3 is 2.10 bits per heavy atom. The molecule has 3 rings (SSSR count). The van der Waals surface area contributed by atoms with E-state index < -0.39 is 24.6 Å². The molecule has 7 heteroatoms. The highest BCUT2D eigenvalue weighted by molar-refractivity contribution is 5.98. The first kappa shape index (κ1) is 21.0. The van der Waals surface area contributed by atoms with Crippen LogP contribution in [0.25, 0.3) is 11.1 Å². The smallest absolute Gasteiger partial charge is 0.387 e. The summed E-state index contributed by atoms with van der Waals surface area (Å²) in [5, 5.41) is 2.43. The molecule has 0 aromatic heterocycles. The largest absolute Gasteiger partial charge is 0.449 e. The van der Waals surface area contributed by atoms with Gasteiger partial charge in [0.05, 0.1) is 11.3 Å². The highest BCUT2D eigenvalue weighted by atomic mass is 19.3. The number of amides is 1. The van der Waals surface area contributed by atoms with Crippen molar-refractivity contribution >= 4 is 17.6 Å². The molecule has 0 bridgehead atoms. The van der Waals surface area contributed by atoms with Crippen LogP contribution in [0, 0.1) is 0 Å². The van der Waals surface area contributed by atoms with E-state index in [9.17, 15) is 18.4 Å². The monoisotopic (exact) mass is 411 g/mol. The molecule has 3 aromatic rings. The van der Waals surface area contributed by atoms with Gasteiger partial charge in [-0.15, -0.1) is 0 Å². The number of alkyl halides is 2. The summed E-state index contributed by atoms with van der Waals surface area (Å²) in [4.78, 5) is 24.7. The normalized spacial score (nSPS) is 11.6. The molecule has 154 valence electrons. The second-order valence-electron chi connectivity index (χ2n) is 6.35. The van der Waals surface area contributed by atoms with Crippen LogP contribution in [0.15, 0.2) is 78.9 Å². The first-order valence-electron chi connectivity index (χ1n) is 9.15. The molecular weight excluding hydrogens is 392 g/mol. The number of esters is 1. The van der Waals surface area contributed by atoms with Crippen LogP contribution in [-0.4, -0.2) is 24.6 Å². The molecule has 0 saturated carbocycles. The molecule has 30 heavy (non-hydrogen) atoms. The van der Waals surface area contributed by atoms with Crippen molar-refractivity contribution in [2.24, 2.45) is 0 Å². The third-order valence-corrected chi connectivity index (χ3v) is 4.24. The Labute approximate surface area is 172 Å². The SMILES string of the molecule is CC(OC(=O)c1ccc(-c2ccccc2)cc1)C(=O)Nc1ccccc1OC(F)F. The third kappa shape index (κ3) is 5.41. The quantitative estimate of drug-likeness (QED) is 0.547. The Balaban J connectivity index is 1.62. The molecule has 0 radical (unpaired) electrons. The lowest BCUT2D eigenvalue weighted by atomic mass is 10.0. The van der Waals surface area contributed by atoms with E-state index in [1.165, 1.54) is 25.1 Å². The first-order chi connectivity index (χ1) is 14.4. The molecule has 0 fully saturated rings. The van der Waals surface area contributed by atoms with Crippen molar-refractivity contribution in [2.45, 2.75) is 19.6 Å².